The van der Waals surface area contributed by atoms with E-state index in [1.54, 1.807) is 0 Å². The highest BCUT2D eigenvalue weighted by atomic mass is 127. The molecule has 1 N–H and O–H groups in total. The highest BCUT2D eigenvalue weighted by molar-refractivity contribution is 14.1. The minimum Gasteiger partial charge on any atom is -0.487 e. The molecule has 0 aromatic heterocycles. The molecule has 1 aromatic rings. The van der Waals surface area contributed by atoms with Gasteiger partial charge in [-0.25, -0.2) is 0 Å². The number of amides is 1. The minimum absolute atomic E-state index is 0.0624. The first-order chi connectivity index (χ1) is 16.5. The zero-order valence-electron chi connectivity index (χ0n) is 23.9. The number of rotatable bonds is 14. The number of benzene rings is 1. The summed E-state index contributed by atoms with van der Waals surface area (Å²) >= 11 is 2.12. The third-order valence-corrected chi connectivity index (χ3v) is 8.99. The van der Waals surface area contributed by atoms with E-state index < -0.39 is 0 Å². The Kier molecular flexibility index (Phi) is 12.4. The van der Waals surface area contributed by atoms with Gasteiger partial charge in [0.1, 0.15) is 11.4 Å². The Hall–Kier alpha value is -0.780. The normalized spacial score (nSPS) is 19.3. The molecule has 3 nitrogen and oxygen atoms in total. The van der Waals surface area contributed by atoms with Crippen LogP contribution in [0.2, 0.25) is 0 Å². The number of halogens is 1. The number of ether oxygens (including phenoxy) is 1. The summed E-state index contributed by atoms with van der Waals surface area (Å²) in [5.74, 6) is 3.65. The predicted octanol–water partition coefficient (Wildman–Crippen LogP) is 9.51. The van der Waals surface area contributed by atoms with Crippen molar-refractivity contribution in [3.05, 3.63) is 22.3 Å². The summed E-state index contributed by atoms with van der Waals surface area (Å²) in [6.07, 6.45) is 14.0. The molecular formula is C31H52INO2. The topological polar surface area (TPSA) is 38.3 Å². The van der Waals surface area contributed by atoms with Crippen LogP contribution in [0.5, 0.6) is 5.75 Å². The first-order valence-corrected chi connectivity index (χ1v) is 15.7. The molecule has 0 fully saturated rings. The van der Waals surface area contributed by atoms with Gasteiger partial charge in [0.25, 0.3) is 0 Å². The van der Waals surface area contributed by atoms with Crippen LogP contribution in [0, 0.1) is 38.5 Å². The zero-order chi connectivity index (χ0) is 26.2. The summed E-state index contributed by atoms with van der Waals surface area (Å²) in [7, 11) is 0. The fourth-order valence-corrected chi connectivity index (χ4v) is 5.84. The SMILES string of the molecule is Cc1c(C)c2c(c(C)c1NC(=O)CI)CC[C@@](C)(CCC[C@@H](C)CCC[C@@H](C)CCCC(C)C)O2. The largest absolute Gasteiger partial charge is 0.487 e. The maximum Gasteiger partial charge on any atom is 0.234 e. The van der Waals surface area contributed by atoms with E-state index in [1.165, 1.54) is 68.1 Å². The Morgan fingerprint density at radius 1 is 0.914 bits per heavy atom. The predicted molar refractivity (Wildman–Crippen MR) is 160 cm³/mol. The molecular weight excluding hydrogens is 545 g/mol. The Bertz CT molecular complexity index is 834. The van der Waals surface area contributed by atoms with E-state index in [1.807, 2.05) is 0 Å². The summed E-state index contributed by atoms with van der Waals surface area (Å²) in [6, 6.07) is 0. The van der Waals surface area contributed by atoms with Crippen LogP contribution in [0.25, 0.3) is 0 Å². The van der Waals surface area contributed by atoms with Crippen LogP contribution in [-0.4, -0.2) is 15.9 Å². The van der Waals surface area contributed by atoms with E-state index in [4.69, 9.17) is 4.74 Å². The first kappa shape index (κ1) is 30.4. The molecule has 0 radical (unpaired) electrons. The molecule has 4 heteroatoms. The smallest absolute Gasteiger partial charge is 0.234 e. The van der Waals surface area contributed by atoms with Crippen molar-refractivity contribution in [1.82, 2.24) is 0 Å². The molecule has 35 heavy (non-hydrogen) atoms. The summed E-state index contributed by atoms with van der Waals surface area (Å²) in [6.45, 7) is 18.2. The second-order valence-electron chi connectivity index (χ2n) is 12.1. The Balaban J connectivity index is 1.84. The third-order valence-electron chi connectivity index (χ3n) is 8.29. The second kappa shape index (κ2) is 14.2. The maximum atomic E-state index is 12.1. The van der Waals surface area contributed by atoms with Gasteiger partial charge in [-0.3, -0.25) is 4.79 Å². The molecule has 1 aliphatic rings. The average Bonchev–Trinajstić information content (AvgIpc) is 2.79. The van der Waals surface area contributed by atoms with Gasteiger partial charge in [-0.2, -0.15) is 0 Å². The van der Waals surface area contributed by atoms with Crippen molar-refractivity contribution in [2.75, 3.05) is 9.74 Å². The summed E-state index contributed by atoms with van der Waals surface area (Å²) in [5, 5.41) is 3.12. The molecule has 0 bridgehead atoms. The van der Waals surface area contributed by atoms with Crippen LogP contribution in [0.4, 0.5) is 5.69 Å². The van der Waals surface area contributed by atoms with Gasteiger partial charge in [0.05, 0.1) is 4.43 Å². The fourth-order valence-electron chi connectivity index (χ4n) is 5.65. The number of nitrogens with one attached hydrogen (secondary N) is 1. The van der Waals surface area contributed by atoms with E-state index >= 15 is 0 Å². The minimum atomic E-state index is -0.0890. The van der Waals surface area contributed by atoms with Crippen molar-refractivity contribution in [3.63, 3.8) is 0 Å². The lowest BCUT2D eigenvalue weighted by Gasteiger charge is -2.38. The Labute approximate surface area is 230 Å². The first-order valence-electron chi connectivity index (χ1n) is 14.1. The molecule has 0 unspecified atom stereocenters. The highest BCUT2D eigenvalue weighted by Crippen LogP contribution is 2.44. The van der Waals surface area contributed by atoms with Crippen LogP contribution in [-0.2, 0) is 11.2 Å². The molecule has 0 aliphatic carbocycles. The lowest BCUT2D eigenvalue weighted by atomic mass is 9.83. The van der Waals surface area contributed by atoms with Gasteiger partial charge in [0.15, 0.2) is 0 Å². The molecule has 200 valence electrons. The van der Waals surface area contributed by atoms with Crippen molar-refractivity contribution in [3.8, 4) is 5.75 Å². The highest BCUT2D eigenvalue weighted by Gasteiger charge is 2.34. The number of anilines is 1. The van der Waals surface area contributed by atoms with Crippen molar-refractivity contribution in [2.45, 2.75) is 132 Å². The summed E-state index contributed by atoms with van der Waals surface area (Å²) < 4.78 is 7.20. The molecule has 0 saturated heterocycles. The van der Waals surface area contributed by atoms with Gasteiger partial charge >= 0.3 is 0 Å². The quantitative estimate of drug-likeness (QED) is 0.171. The number of carbonyl (C=O) groups is 1. The standard InChI is InChI=1S/C31H52INO2/c1-21(2)12-9-13-22(3)14-10-15-23(4)16-11-18-31(8)19-17-27-26(7)29(33-28(34)20-32)24(5)25(6)30(27)35-31/h21-23H,9-20H2,1-8H3,(H,33,34)/t22-,23-,31+/m0/s1. The third kappa shape index (κ3) is 9.23. The Morgan fingerprint density at radius 2 is 1.49 bits per heavy atom. The number of fused-ring (bicyclic) bond motifs is 1. The lowest BCUT2D eigenvalue weighted by Crippen LogP contribution is -2.37. The van der Waals surface area contributed by atoms with E-state index in [2.05, 4.69) is 83.3 Å². The molecule has 1 aliphatic heterocycles. The van der Waals surface area contributed by atoms with Gasteiger partial charge in [-0.05, 0) is 93.4 Å². The molecule has 3 atom stereocenters. The number of hydrogen-bond donors (Lipinski definition) is 1. The second-order valence-corrected chi connectivity index (χ2v) is 12.9. The average molecular weight is 598 g/mol. The van der Waals surface area contributed by atoms with Crippen molar-refractivity contribution in [1.29, 1.82) is 0 Å². The Morgan fingerprint density at radius 3 is 2.06 bits per heavy atom. The molecule has 1 aromatic carbocycles. The van der Waals surface area contributed by atoms with Gasteiger partial charge in [0.2, 0.25) is 5.91 Å². The van der Waals surface area contributed by atoms with Gasteiger partial charge < -0.3 is 10.1 Å². The van der Waals surface area contributed by atoms with Crippen LogP contribution in [0.1, 0.15) is 121 Å². The molecule has 0 spiro atoms. The lowest BCUT2D eigenvalue weighted by molar-refractivity contribution is -0.113. The van der Waals surface area contributed by atoms with E-state index in [0.717, 1.165) is 54.0 Å². The number of hydrogen-bond acceptors (Lipinski definition) is 2. The monoisotopic (exact) mass is 597 g/mol. The number of alkyl halides is 1. The van der Waals surface area contributed by atoms with Gasteiger partial charge in [-0.15, -0.1) is 0 Å². The molecule has 1 heterocycles. The molecule has 2 rings (SSSR count). The van der Waals surface area contributed by atoms with Crippen molar-refractivity contribution < 1.29 is 9.53 Å². The van der Waals surface area contributed by atoms with Crippen molar-refractivity contribution in [2.24, 2.45) is 17.8 Å². The summed E-state index contributed by atoms with van der Waals surface area (Å²) in [5.41, 5.74) is 5.67. The molecule has 1 amide bonds. The van der Waals surface area contributed by atoms with Gasteiger partial charge in [-0.1, -0.05) is 95.2 Å². The van der Waals surface area contributed by atoms with Crippen LogP contribution < -0.4 is 10.1 Å². The zero-order valence-corrected chi connectivity index (χ0v) is 26.1. The maximum absolute atomic E-state index is 12.1. The molecule has 0 saturated carbocycles. The van der Waals surface area contributed by atoms with E-state index in [-0.39, 0.29) is 11.5 Å². The van der Waals surface area contributed by atoms with Crippen molar-refractivity contribution >= 4 is 34.2 Å². The number of carbonyl (C=O) groups excluding carboxylic acids is 1. The van der Waals surface area contributed by atoms with Crippen LogP contribution in [0.3, 0.4) is 0 Å². The van der Waals surface area contributed by atoms with E-state index in [9.17, 15) is 4.79 Å². The van der Waals surface area contributed by atoms with E-state index in [0.29, 0.717) is 4.43 Å². The fraction of sp³-hybridized carbons (Fsp3) is 0.774. The van der Waals surface area contributed by atoms with Crippen LogP contribution in [0.15, 0.2) is 0 Å². The van der Waals surface area contributed by atoms with Gasteiger partial charge in [0, 0.05) is 5.69 Å². The van der Waals surface area contributed by atoms with Crippen LogP contribution >= 0.6 is 22.6 Å². The summed E-state index contributed by atoms with van der Waals surface area (Å²) in [4.78, 5) is 12.1.